The van der Waals surface area contributed by atoms with E-state index in [2.05, 4.69) is 0 Å². The predicted octanol–water partition coefficient (Wildman–Crippen LogP) is 7.30. The van der Waals surface area contributed by atoms with Crippen LogP contribution in [-0.2, 0) is 9.59 Å². The summed E-state index contributed by atoms with van der Waals surface area (Å²) in [6.45, 7) is 2.97. The third-order valence-electron chi connectivity index (χ3n) is 7.65. The molecule has 2 fully saturated rings. The average molecular weight is 704 g/mol. The number of halogens is 8. The van der Waals surface area contributed by atoms with Crippen LogP contribution >= 0.6 is 92.8 Å². The number of nitrogens with zero attached hydrogens (tertiary/aromatic N) is 2. The van der Waals surface area contributed by atoms with Crippen molar-refractivity contribution in [3.8, 4) is 0 Å². The molecule has 0 unspecified atom stereocenters. The maximum atomic E-state index is 14.0. The number of ketones is 1. The van der Waals surface area contributed by atoms with Gasteiger partial charge in [-0.05, 0) is 49.2 Å². The lowest BCUT2D eigenvalue weighted by atomic mass is 9.84. The Morgan fingerprint density at radius 1 is 0.825 bits per heavy atom. The van der Waals surface area contributed by atoms with Gasteiger partial charge in [-0.15, -0.1) is 23.2 Å². The Hall–Kier alpha value is -1.22. The lowest BCUT2D eigenvalue weighted by Gasteiger charge is -2.37. The Kier molecular flexibility index (Phi) is 7.50. The summed E-state index contributed by atoms with van der Waals surface area (Å²) in [7, 11) is 0. The number of rotatable bonds is 5. The van der Waals surface area contributed by atoms with E-state index in [4.69, 9.17) is 92.8 Å². The van der Waals surface area contributed by atoms with Crippen molar-refractivity contribution in [2.24, 2.45) is 11.8 Å². The van der Waals surface area contributed by atoms with Crippen LogP contribution < -0.4 is 0 Å². The minimum atomic E-state index is -2.16. The van der Waals surface area contributed by atoms with Crippen LogP contribution in [0.1, 0.15) is 31.8 Å². The topological polar surface area (TPSA) is 74.8 Å². The van der Waals surface area contributed by atoms with Gasteiger partial charge >= 0.3 is 0 Å². The Balaban J connectivity index is 1.62. The summed E-state index contributed by atoms with van der Waals surface area (Å²) in [6, 6.07) is 8.96. The first-order valence-corrected chi connectivity index (χ1v) is 14.6. The molecule has 6 nitrogen and oxygen atoms in total. The fourth-order valence-corrected chi connectivity index (χ4v) is 8.81. The fraction of sp³-hybridized carbons (Fsp3) is 0.308. The number of amides is 3. The van der Waals surface area contributed by atoms with Crippen molar-refractivity contribution < 1.29 is 19.2 Å². The molecule has 2 bridgehead atoms. The number of hydrogen-bond acceptors (Lipinski definition) is 4. The highest BCUT2D eigenvalue weighted by Gasteiger charge is 2.88. The first-order chi connectivity index (χ1) is 18.5. The molecular formula is C26H16Cl8N2O4. The summed E-state index contributed by atoms with van der Waals surface area (Å²) < 4.78 is -2.16. The molecule has 2 aliphatic carbocycles. The molecule has 2 aromatic rings. The van der Waals surface area contributed by atoms with Crippen LogP contribution in [0.3, 0.4) is 0 Å². The number of carbonyl (C=O) groups is 4. The Morgan fingerprint density at radius 3 is 1.88 bits per heavy atom. The van der Waals surface area contributed by atoms with Crippen LogP contribution in [0.4, 0.5) is 0 Å². The smallest absolute Gasteiger partial charge is 0.274 e. The SMILES string of the molecule is Cc1ccc(C(=O)CN(C(=O)c2ccc(Cl)cc2Cl)N2C(=O)[C@H]3[C@H](C2=O)[C@@]2(Cl)C(Cl)=C(Cl)[C@@]3(Cl)C2(Cl)Cl)cc1C. The monoisotopic (exact) mass is 700 g/mol. The standard InChI is InChI=1S/C26H16Cl8N2O4/c1-10-3-4-12(7-11(10)2)16(37)9-35(21(38)14-6-5-13(27)8-15(14)28)36-22(39)17-18(23(36)40)25(32)20(30)19(29)24(17,31)26(25,33)34/h3-8,17-18H,9H2,1-2H3/t17-,18-,24-,25-/m1/s1. The third-order valence-corrected chi connectivity index (χ3v) is 12.5. The van der Waals surface area contributed by atoms with Crippen LogP contribution in [0.2, 0.25) is 10.0 Å². The molecule has 0 N–H and O–H groups in total. The third kappa shape index (κ3) is 3.84. The molecule has 14 heteroatoms. The predicted molar refractivity (Wildman–Crippen MR) is 157 cm³/mol. The summed E-state index contributed by atoms with van der Waals surface area (Å²) in [5.41, 5.74) is 1.89. The summed E-state index contributed by atoms with van der Waals surface area (Å²) in [4.78, 5) is 51.1. The van der Waals surface area contributed by atoms with E-state index in [1.165, 1.54) is 18.2 Å². The molecular weight excluding hydrogens is 688 g/mol. The summed E-state index contributed by atoms with van der Waals surface area (Å²) >= 11 is 51.7. The molecule has 1 heterocycles. The molecule has 210 valence electrons. The molecule has 0 radical (unpaired) electrons. The molecule has 0 spiro atoms. The zero-order valence-corrected chi connectivity index (χ0v) is 26.4. The molecule has 1 saturated heterocycles. The highest BCUT2D eigenvalue weighted by Crippen LogP contribution is 2.77. The van der Waals surface area contributed by atoms with Crippen LogP contribution in [0, 0.1) is 25.7 Å². The molecule has 1 aliphatic heterocycles. The van der Waals surface area contributed by atoms with Gasteiger partial charge < -0.3 is 0 Å². The Morgan fingerprint density at radius 2 is 1.38 bits per heavy atom. The van der Waals surface area contributed by atoms with Crippen molar-refractivity contribution in [1.29, 1.82) is 0 Å². The van der Waals surface area contributed by atoms with Crippen molar-refractivity contribution in [1.82, 2.24) is 10.0 Å². The molecule has 3 aliphatic rings. The zero-order chi connectivity index (χ0) is 29.7. The normalized spacial score (nSPS) is 28.4. The zero-order valence-electron chi connectivity index (χ0n) is 20.4. The number of allylic oxidation sites excluding steroid dienone is 2. The number of hydrazine groups is 1. The van der Waals surface area contributed by atoms with Crippen molar-refractivity contribution in [2.75, 3.05) is 6.54 Å². The lowest BCUT2D eigenvalue weighted by molar-refractivity contribution is -0.154. The van der Waals surface area contributed by atoms with E-state index in [0.717, 1.165) is 11.1 Å². The number of alkyl halides is 4. The number of benzene rings is 2. The summed E-state index contributed by atoms with van der Waals surface area (Å²) in [5.74, 6) is -6.50. The number of fused-ring (bicyclic) bond motifs is 5. The summed E-state index contributed by atoms with van der Waals surface area (Å²) in [6.07, 6.45) is 0. The van der Waals surface area contributed by atoms with E-state index in [1.54, 1.807) is 18.2 Å². The van der Waals surface area contributed by atoms with Crippen molar-refractivity contribution in [3.63, 3.8) is 0 Å². The maximum Gasteiger partial charge on any atom is 0.274 e. The van der Waals surface area contributed by atoms with Crippen molar-refractivity contribution in [3.05, 3.63) is 78.8 Å². The number of hydrogen-bond donors (Lipinski definition) is 0. The van der Waals surface area contributed by atoms with Gasteiger partial charge in [0, 0.05) is 10.6 Å². The van der Waals surface area contributed by atoms with Gasteiger partial charge in [0.05, 0.1) is 32.5 Å². The highest BCUT2D eigenvalue weighted by atomic mass is 35.5. The minimum Gasteiger partial charge on any atom is -0.292 e. The molecule has 40 heavy (non-hydrogen) atoms. The van der Waals surface area contributed by atoms with E-state index in [1.807, 2.05) is 13.8 Å². The number of Topliss-reactive ketones (excluding diaryl/α,β-unsaturated/α-hetero) is 1. The highest BCUT2D eigenvalue weighted by molar-refractivity contribution is 6.66. The second-order valence-electron chi connectivity index (χ2n) is 9.78. The Labute approximate surface area is 268 Å². The van der Waals surface area contributed by atoms with E-state index >= 15 is 0 Å². The molecule has 2 aromatic carbocycles. The van der Waals surface area contributed by atoms with Crippen molar-refractivity contribution in [2.45, 2.75) is 27.9 Å². The molecule has 3 amide bonds. The van der Waals surface area contributed by atoms with Crippen LogP contribution in [0.25, 0.3) is 0 Å². The largest absolute Gasteiger partial charge is 0.292 e. The second-order valence-corrected chi connectivity index (χ2v) is 13.9. The van der Waals surface area contributed by atoms with Gasteiger partial charge in [-0.25, -0.2) is 5.01 Å². The first-order valence-electron chi connectivity index (χ1n) is 11.6. The van der Waals surface area contributed by atoms with Gasteiger partial charge in [-0.3, -0.25) is 19.2 Å². The minimum absolute atomic E-state index is 0.0728. The van der Waals surface area contributed by atoms with Gasteiger partial charge in [-0.2, -0.15) is 5.01 Å². The van der Waals surface area contributed by atoms with Crippen molar-refractivity contribution >= 4 is 116 Å². The van der Waals surface area contributed by atoms with E-state index < -0.39 is 56.0 Å². The van der Waals surface area contributed by atoms with Gasteiger partial charge in [0.2, 0.25) is 0 Å². The lowest BCUT2D eigenvalue weighted by Crippen LogP contribution is -2.56. The van der Waals surface area contributed by atoms with Gasteiger partial charge in [0.25, 0.3) is 17.7 Å². The van der Waals surface area contributed by atoms with E-state index in [0.29, 0.717) is 10.0 Å². The van der Waals surface area contributed by atoms with E-state index in [9.17, 15) is 19.2 Å². The van der Waals surface area contributed by atoms with Gasteiger partial charge in [0.1, 0.15) is 16.3 Å². The summed E-state index contributed by atoms with van der Waals surface area (Å²) in [5, 5.41) is 0.814. The average Bonchev–Trinajstić information content (AvgIpc) is 3.27. The number of aryl methyl sites for hydroxylation is 2. The van der Waals surface area contributed by atoms with Gasteiger partial charge in [0.15, 0.2) is 10.1 Å². The molecule has 0 aromatic heterocycles. The fourth-order valence-electron chi connectivity index (χ4n) is 5.40. The molecule has 5 rings (SSSR count). The maximum absolute atomic E-state index is 14.0. The molecule has 4 atom stereocenters. The quantitative estimate of drug-likeness (QED) is 0.186. The van der Waals surface area contributed by atoms with Crippen LogP contribution in [0.15, 0.2) is 46.5 Å². The first kappa shape index (κ1) is 30.2. The number of carbonyl (C=O) groups excluding carboxylic acids is 4. The van der Waals surface area contributed by atoms with Crippen LogP contribution in [-0.4, -0.2) is 54.1 Å². The van der Waals surface area contributed by atoms with E-state index in [-0.39, 0.29) is 31.2 Å². The van der Waals surface area contributed by atoms with Gasteiger partial charge in [-0.1, -0.05) is 81.7 Å². The number of imide groups is 1. The molecule has 1 saturated carbocycles. The second kappa shape index (κ2) is 9.92. The Bertz CT molecular complexity index is 1530. The van der Waals surface area contributed by atoms with Crippen LogP contribution in [0.5, 0.6) is 0 Å².